The Labute approximate surface area is 95.8 Å². The van der Waals surface area contributed by atoms with Crippen LogP contribution in [0.3, 0.4) is 0 Å². The molecule has 0 heterocycles. The summed E-state index contributed by atoms with van der Waals surface area (Å²) < 4.78 is 0. The van der Waals surface area contributed by atoms with E-state index in [1.807, 2.05) is 13.0 Å². The van der Waals surface area contributed by atoms with Gasteiger partial charge in [-0.3, -0.25) is 10.1 Å². The number of nitro groups is 1. The van der Waals surface area contributed by atoms with Crippen LogP contribution in [0.1, 0.15) is 31.4 Å². The van der Waals surface area contributed by atoms with Gasteiger partial charge in [-0.2, -0.15) is 0 Å². The Morgan fingerprint density at radius 2 is 2.00 bits per heavy atom. The predicted molar refractivity (Wildman–Crippen MR) is 65.9 cm³/mol. The Bertz CT molecular complexity index is 402. The molecule has 1 aromatic carbocycles. The van der Waals surface area contributed by atoms with Crippen LogP contribution < -0.4 is 5.32 Å². The molecule has 1 rings (SSSR count). The second-order valence-corrected chi connectivity index (χ2v) is 4.16. The molecule has 0 spiro atoms. The van der Waals surface area contributed by atoms with Gasteiger partial charge in [0.05, 0.1) is 4.92 Å². The topological polar surface area (TPSA) is 55.2 Å². The molecule has 0 amide bonds. The first-order valence-corrected chi connectivity index (χ1v) is 5.47. The summed E-state index contributed by atoms with van der Waals surface area (Å²) in [5.41, 5.74) is 2.78. The lowest BCUT2D eigenvalue weighted by molar-refractivity contribution is -0.385. The minimum Gasteiger partial charge on any atom is -0.382 e. The van der Waals surface area contributed by atoms with Gasteiger partial charge >= 0.3 is 0 Å². The Hall–Kier alpha value is -1.58. The summed E-state index contributed by atoms with van der Waals surface area (Å²) in [5.74, 6) is 0. The van der Waals surface area contributed by atoms with Crippen molar-refractivity contribution < 1.29 is 4.92 Å². The predicted octanol–water partition coefficient (Wildman–Crippen LogP) is 3.42. The monoisotopic (exact) mass is 222 g/mol. The molecular weight excluding hydrogens is 204 g/mol. The van der Waals surface area contributed by atoms with Crippen LogP contribution in [0, 0.1) is 24.0 Å². The Balaban J connectivity index is 3.05. The molecule has 0 bridgehead atoms. The van der Waals surface area contributed by atoms with Crippen LogP contribution >= 0.6 is 0 Å². The number of nitro benzene ring substituents is 1. The fourth-order valence-electron chi connectivity index (χ4n) is 1.52. The summed E-state index contributed by atoms with van der Waals surface area (Å²) in [5, 5.41) is 14.1. The molecule has 16 heavy (non-hydrogen) atoms. The number of rotatable bonds is 4. The fourth-order valence-corrected chi connectivity index (χ4v) is 1.52. The van der Waals surface area contributed by atoms with E-state index < -0.39 is 0 Å². The average Bonchev–Trinajstić information content (AvgIpc) is 2.22. The van der Waals surface area contributed by atoms with Gasteiger partial charge in [0.15, 0.2) is 0 Å². The molecule has 0 aliphatic rings. The highest BCUT2D eigenvalue weighted by Gasteiger charge is 2.13. The second-order valence-electron chi connectivity index (χ2n) is 4.16. The van der Waals surface area contributed by atoms with E-state index in [1.54, 1.807) is 13.0 Å². The van der Waals surface area contributed by atoms with Crippen molar-refractivity contribution in [2.75, 3.05) is 5.32 Å². The molecule has 0 aliphatic heterocycles. The molecule has 0 aliphatic carbocycles. The highest BCUT2D eigenvalue weighted by atomic mass is 16.6. The van der Waals surface area contributed by atoms with Crippen molar-refractivity contribution in [3.63, 3.8) is 0 Å². The van der Waals surface area contributed by atoms with Gasteiger partial charge in [-0.05, 0) is 38.8 Å². The van der Waals surface area contributed by atoms with E-state index in [2.05, 4.69) is 19.2 Å². The molecule has 4 heteroatoms. The average molecular weight is 222 g/mol. The van der Waals surface area contributed by atoms with Gasteiger partial charge in [-0.1, -0.05) is 6.92 Å². The maximum absolute atomic E-state index is 10.7. The number of hydrogen-bond acceptors (Lipinski definition) is 3. The molecule has 0 saturated heterocycles. The van der Waals surface area contributed by atoms with Crippen molar-refractivity contribution in [1.29, 1.82) is 0 Å². The smallest absolute Gasteiger partial charge is 0.272 e. The van der Waals surface area contributed by atoms with Gasteiger partial charge in [-0.15, -0.1) is 0 Å². The molecule has 0 radical (unpaired) electrons. The Kier molecular flexibility index (Phi) is 3.88. The molecule has 4 nitrogen and oxygen atoms in total. The molecular formula is C12H18N2O2. The van der Waals surface area contributed by atoms with E-state index >= 15 is 0 Å². The largest absolute Gasteiger partial charge is 0.382 e. The van der Waals surface area contributed by atoms with E-state index in [4.69, 9.17) is 0 Å². The van der Waals surface area contributed by atoms with Crippen LogP contribution in [-0.4, -0.2) is 11.0 Å². The van der Waals surface area contributed by atoms with Crippen molar-refractivity contribution >= 4 is 11.4 Å². The van der Waals surface area contributed by atoms with Crippen LogP contribution in [0.5, 0.6) is 0 Å². The third kappa shape index (κ3) is 2.72. The van der Waals surface area contributed by atoms with Crippen LogP contribution in [0.25, 0.3) is 0 Å². The SMILES string of the molecule is CCC(C)Nc1cc(C)c([N+](=O)[O-])cc1C. The molecule has 1 atom stereocenters. The summed E-state index contributed by atoms with van der Waals surface area (Å²) in [6, 6.07) is 3.85. The summed E-state index contributed by atoms with van der Waals surface area (Å²) in [4.78, 5) is 10.4. The zero-order valence-electron chi connectivity index (χ0n) is 10.2. The minimum absolute atomic E-state index is 0.187. The zero-order chi connectivity index (χ0) is 12.3. The molecule has 1 aromatic rings. The molecule has 88 valence electrons. The number of aryl methyl sites for hydroxylation is 2. The lowest BCUT2D eigenvalue weighted by Crippen LogP contribution is -2.14. The van der Waals surface area contributed by atoms with Crippen LogP contribution in [0.2, 0.25) is 0 Å². The maximum atomic E-state index is 10.7. The number of nitrogens with one attached hydrogen (secondary N) is 1. The second kappa shape index (κ2) is 4.96. The summed E-state index contributed by atoms with van der Waals surface area (Å²) in [6.07, 6.45) is 1.02. The van der Waals surface area contributed by atoms with Crippen molar-refractivity contribution in [3.8, 4) is 0 Å². The van der Waals surface area contributed by atoms with Crippen molar-refractivity contribution in [2.24, 2.45) is 0 Å². The lowest BCUT2D eigenvalue weighted by Gasteiger charge is -2.15. The molecule has 1 N–H and O–H groups in total. The van der Waals surface area contributed by atoms with Gasteiger partial charge < -0.3 is 5.32 Å². The van der Waals surface area contributed by atoms with Gasteiger partial charge in [0.25, 0.3) is 5.69 Å². The normalized spacial score (nSPS) is 12.2. The number of benzene rings is 1. The Morgan fingerprint density at radius 1 is 1.38 bits per heavy atom. The van der Waals surface area contributed by atoms with Gasteiger partial charge in [0.1, 0.15) is 0 Å². The summed E-state index contributed by atoms with van der Waals surface area (Å²) in [6.45, 7) is 7.85. The van der Waals surface area contributed by atoms with E-state index in [0.29, 0.717) is 11.6 Å². The van der Waals surface area contributed by atoms with Crippen LogP contribution in [0.15, 0.2) is 12.1 Å². The molecule has 0 saturated carbocycles. The van der Waals surface area contributed by atoms with E-state index in [0.717, 1.165) is 17.7 Å². The molecule has 0 fully saturated rings. The quantitative estimate of drug-likeness (QED) is 0.627. The first kappa shape index (κ1) is 12.5. The van der Waals surface area contributed by atoms with Crippen molar-refractivity contribution in [2.45, 2.75) is 40.2 Å². The summed E-state index contributed by atoms with van der Waals surface area (Å²) >= 11 is 0. The fraction of sp³-hybridized carbons (Fsp3) is 0.500. The number of hydrogen-bond donors (Lipinski definition) is 1. The first-order valence-electron chi connectivity index (χ1n) is 5.47. The van der Waals surface area contributed by atoms with Crippen LogP contribution in [-0.2, 0) is 0 Å². The highest BCUT2D eigenvalue weighted by molar-refractivity contribution is 5.59. The number of anilines is 1. The maximum Gasteiger partial charge on any atom is 0.272 e. The standard InChI is InChI=1S/C12H18N2O2/c1-5-10(4)13-11-6-9(3)12(14(15)16)7-8(11)2/h6-7,10,13H,5H2,1-4H3. The van der Waals surface area contributed by atoms with E-state index in [-0.39, 0.29) is 10.6 Å². The van der Waals surface area contributed by atoms with Crippen molar-refractivity contribution in [1.82, 2.24) is 0 Å². The van der Waals surface area contributed by atoms with Crippen molar-refractivity contribution in [3.05, 3.63) is 33.4 Å². The highest BCUT2D eigenvalue weighted by Crippen LogP contribution is 2.26. The van der Waals surface area contributed by atoms with Crippen LogP contribution in [0.4, 0.5) is 11.4 Å². The minimum atomic E-state index is -0.338. The van der Waals surface area contributed by atoms with Gasteiger partial charge in [0.2, 0.25) is 0 Å². The third-order valence-electron chi connectivity index (χ3n) is 2.75. The molecule has 0 aromatic heterocycles. The Morgan fingerprint density at radius 3 is 2.50 bits per heavy atom. The third-order valence-corrected chi connectivity index (χ3v) is 2.75. The zero-order valence-corrected chi connectivity index (χ0v) is 10.2. The van der Waals surface area contributed by atoms with Gasteiger partial charge in [-0.25, -0.2) is 0 Å². The first-order chi connectivity index (χ1) is 7.45. The van der Waals surface area contributed by atoms with E-state index in [1.165, 1.54) is 0 Å². The van der Waals surface area contributed by atoms with E-state index in [9.17, 15) is 10.1 Å². The molecule has 1 unspecified atom stereocenters. The van der Waals surface area contributed by atoms with Gasteiger partial charge in [0, 0.05) is 23.4 Å². The number of nitrogens with zero attached hydrogens (tertiary/aromatic N) is 1. The summed E-state index contributed by atoms with van der Waals surface area (Å²) in [7, 11) is 0. The lowest BCUT2D eigenvalue weighted by atomic mass is 10.1.